The molecule has 0 spiro atoms. The third-order valence-corrected chi connectivity index (χ3v) is 6.88. The van der Waals surface area contributed by atoms with Gasteiger partial charge in [-0.15, -0.1) is 0 Å². The molecule has 2 atom stereocenters. The highest BCUT2D eigenvalue weighted by molar-refractivity contribution is 5.69. The van der Waals surface area contributed by atoms with Crippen LogP contribution in [0.1, 0.15) is 43.6 Å². The summed E-state index contributed by atoms with van der Waals surface area (Å²) in [6.45, 7) is 3.33. The van der Waals surface area contributed by atoms with Crippen LogP contribution in [0.15, 0.2) is 30.3 Å². The standard InChI is InChI=1S/C22H29N3O2/c1-27-21(26)24-15-22(16-24,9-10-23)25-11-7-17(8-12-25)13-19-14-20(19)18-5-3-2-4-6-18/h2-6,17,19-20H,7-9,11-16H2,1H3. The first-order valence-electron chi connectivity index (χ1n) is 10.1. The van der Waals surface area contributed by atoms with Crippen LogP contribution in [0.25, 0.3) is 0 Å². The zero-order valence-corrected chi connectivity index (χ0v) is 16.1. The van der Waals surface area contributed by atoms with Crippen LogP contribution in [0, 0.1) is 23.2 Å². The Bertz CT molecular complexity index is 700. The zero-order chi connectivity index (χ0) is 18.9. The molecule has 1 aromatic carbocycles. The van der Waals surface area contributed by atoms with Crippen LogP contribution < -0.4 is 0 Å². The van der Waals surface area contributed by atoms with Crippen LogP contribution in [0.5, 0.6) is 0 Å². The van der Waals surface area contributed by atoms with Crippen LogP contribution in [0.4, 0.5) is 4.79 Å². The lowest BCUT2D eigenvalue weighted by atomic mass is 9.81. The van der Waals surface area contributed by atoms with Gasteiger partial charge < -0.3 is 9.64 Å². The molecular weight excluding hydrogens is 338 g/mol. The number of nitriles is 1. The lowest BCUT2D eigenvalue weighted by Gasteiger charge is -2.55. The van der Waals surface area contributed by atoms with Gasteiger partial charge in [0.25, 0.3) is 0 Å². The molecule has 1 amide bonds. The first-order valence-corrected chi connectivity index (χ1v) is 10.1. The van der Waals surface area contributed by atoms with E-state index < -0.39 is 0 Å². The van der Waals surface area contributed by atoms with Crippen LogP contribution >= 0.6 is 0 Å². The Kier molecular flexibility index (Phi) is 5.10. The topological polar surface area (TPSA) is 56.6 Å². The molecule has 27 heavy (non-hydrogen) atoms. The maximum atomic E-state index is 11.7. The third-order valence-electron chi connectivity index (χ3n) is 6.88. The molecule has 5 heteroatoms. The van der Waals surface area contributed by atoms with Crippen LogP contribution in [0.3, 0.4) is 0 Å². The van der Waals surface area contributed by atoms with Crippen molar-refractivity contribution in [2.45, 2.75) is 43.6 Å². The van der Waals surface area contributed by atoms with Crippen molar-refractivity contribution in [3.63, 3.8) is 0 Å². The largest absolute Gasteiger partial charge is 0.453 e. The van der Waals surface area contributed by atoms with Gasteiger partial charge in [0.05, 0.1) is 25.1 Å². The van der Waals surface area contributed by atoms with E-state index in [0.29, 0.717) is 19.5 Å². The van der Waals surface area contributed by atoms with E-state index >= 15 is 0 Å². The van der Waals surface area contributed by atoms with Gasteiger partial charge in [-0.25, -0.2) is 4.79 Å². The van der Waals surface area contributed by atoms with E-state index in [1.807, 2.05) is 0 Å². The molecule has 1 aromatic rings. The van der Waals surface area contributed by atoms with E-state index in [0.717, 1.165) is 30.8 Å². The molecule has 0 radical (unpaired) electrons. The monoisotopic (exact) mass is 367 g/mol. The van der Waals surface area contributed by atoms with Gasteiger partial charge >= 0.3 is 6.09 Å². The number of amides is 1. The second-order valence-electron chi connectivity index (χ2n) is 8.56. The number of methoxy groups -OCH3 is 1. The molecule has 2 unspecified atom stereocenters. The molecule has 0 bridgehead atoms. The van der Waals surface area contributed by atoms with E-state index in [4.69, 9.17) is 4.74 Å². The van der Waals surface area contributed by atoms with Crippen LogP contribution in [-0.4, -0.2) is 54.7 Å². The summed E-state index contributed by atoms with van der Waals surface area (Å²) in [5.41, 5.74) is 1.35. The summed E-state index contributed by atoms with van der Waals surface area (Å²) >= 11 is 0. The highest BCUT2D eigenvalue weighted by Crippen LogP contribution is 2.52. The summed E-state index contributed by atoms with van der Waals surface area (Å²) < 4.78 is 4.81. The fourth-order valence-corrected chi connectivity index (χ4v) is 5.18. The normalized spacial score (nSPS) is 27.5. The highest BCUT2D eigenvalue weighted by atomic mass is 16.5. The number of benzene rings is 1. The predicted molar refractivity (Wildman–Crippen MR) is 103 cm³/mol. The van der Waals surface area contributed by atoms with Gasteiger partial charge in [-0.3, -0.25) is 4.90 Å². The van der Waals surface area contributed by atoms with E-state index in [-0.39, 0.29) is 11.6 Å². The van der Waals surface area contributed by atoms with Gasteiger partial charge in [0.2, 0.25) is 0 Å². The van der Waals surface area contributed by atoms with Crippen molar-refractivity contribution in [1.29, 1.82) is 5.26 Å². The Morgan fingerprint density at radius 2 is 1.96 bits per heavy atom. The number of carbonyl (C=O) groups is 1. The Labute approximate surface area is 161 Å². The van der Waals surface area contributed by atoms with Crippen LogP contribution in [0.2, 0.25) is 0 Å². The maximum Gasteiger partial charge on any atom is 0.409 e. The van der Waals surface area contributed by atoms with Crippen molar-refractivity contribution in [2.75, 3.05) is 33.3 Å². The van der Waals surface area contributed by atoms with E-state index in [1.165, 1.54) is 38.4 Å². The Hall–Kier alpha value is -2.06. The zero-order valence-electron chi connectivity index (χ0n) is 16.1. The summed E-state index contributed by atoms with van der Waals surface area (Å²) in [5.74, 6) is 2.43. The third kappa shape index (κ3) is 3.68. The summed E-state index contributed by atoms with van der Waals surface area (Å²) in [6, 6.07) is 13.3. The fourth-order valence-electron chi connectivity index (χ4n) is 5.18. The molecule has 3 fully saturated rings. The number of hydrogen-bond acceptors (Lipinski definition) is 4. The van der Waals surface area contributed by atoms with Gasteiger partial charge in [-0.1, -0.05) is 30.3 Å². The second kappa shape index (κ2) is 7.52. The molecule has 3 aliphatic rings. The molecule has 0 aromatic heterocycles. The summed E-state index contributed by atoms with van der Waals surface area (Å²) in [5, 5.41) is 9.28. The minimum atomic E-state index is -0.279. The van der Waals surface area contributed by atoms with Gasteiger partial charge in [-0.05, 0) is 62.1 Å². The van der Waals surface area contributed by atoms with Gasteiger partial charge in [0, 0.05) is 13.1 Å². The van der Waals surface area contributed by atoms with E-state index in [9.17, 15) is 10.1 Å². The Morgan fingerprint density at radius 1 is 1.26 bits per heavy atom. The maximum absolute atomic E-state index is 11.7. The number of hydrogen-bond donors (Lipinski definition) is 0. The molecule has 1 saturated carbocycles. The number of ether oxygens (including phenoxy) is 1. The quantitative estimate of drug-likeness (QED) is 0.797. The Balaban J connectivity index is 1.26. The van der Waals surface area contributed by atoms with Gasteiger partial charge in [-0.2, -0.15) is 5.26 Å². The van der Waals surface area contributed by atoms with Gasteiger partial charge in [0.15, 0.2) is 0 Å². The average Bonchev–Trinajstić information content (AvgIpc) is 3.44. The summed E-state index contributed by atoms with van der Waals surface area (Å²) in [6.07, 6.45) is 5.32. The summed E-state index contributed by atoms with van der Waals surface area (Å²) in [4.78, 5) is 15.9. The molecule has 2 saturated heterocycles. The van der Waals surface area contributed by atoms with Crippen molar-refractivity contribution in [3.05, 3.63) is 35.9 Å². The molecular formula is C22H29N3O2. The molecule has 0 N–H and O–H groups in total. The lowest BCUT2D eigenvalue weighted by Crippen LogP contribution is -2.71. The SMILES string of the molecule is COC(=O)N1CC(CC#N)(N2CCC(CC3CC3c3ccccc3)CC2)C1. The number of nitrogens with zero attached hydrogens (tertiary/aromatic N) is 3. The molecule has 2 aliphatic heterocycles. The number of likely N-dealkylation sites (tertiary alicyclic amines) is 2. The van der Waals surface area contributed by atoms with Crippen molar-refractivity contribution >= 4 is 6.09 Å². The van der Waals surface area contributed by atoms with E-state index in [2.05, 4.69) is 41.3 Å². The van der Waals surface area contributed by atoms with Gasteiger partial charge in [0.1, 0.15) is 0 Å². The lowest BCUT2D eigenvalue weighted by molar-refractivity contribution is -0.0580. The summed E-state index contributed by atoms with van der Waals surface area (Å²) in [7, 11) is 1.42. The smallest absolute Gasteiger partial charge is 0.409 e. The molecule has 1 aliphatic carbocycles. The van der Waals surface area contributed by atoms with Crippen LogP contribution in [-0.2, 0) is 4.74 Å². The van der Waals surface area contributed by atoms with Crippen molar-refractivity contribution in [3.8, 4) is 6.07 Å². The average molecular weight is 367 g/mol. The second-order valence-corrected chi connectivity index (χ2v) is 8.56. The molecule has 2 heterocycles. The first kappa shape index (κ1) is 18.3. The first-order chi connectivity index (χ1) is 13.1. The highest BCUT2D eigenvalue weighted by Gasteiger charge is 2.50. The van der Waals surface area contributed by atoms with Crippen molar-refractivity contribution in [2.24, 2.45) is 11.8 Å². The minimum Gasteiger partial charge on any atom is -0.453 e. The Morgan fingerprint density at radius 3 is 2.59 bits per heavy atom. The number of piperidine rings is 1. The predicted octanol–water partition coefficient (Wildman–Crippen LogP) is 3.63. The minimum absolute atomic E-state index is 0.153. The fraction of sp³-hybridized carbons (Fsp3) is 0.636. The molecule has 4 rings (SSSR count). The molecule has 5 nitrogen and oxygen atoms in total. The number of carbonyl (C=O) groups excluding carboxylic acids is 1. The number of rotatable bonds is 5. The van der Waals surface area contributed by atoms with Crippen molar-refractivity contribution < 1.29 is 9.53 Å². The van der Waals surface area contributed by atoms with E-state index in [1.54, 1.807) is 4.90 Å². The molecule has 144 valence electrons. The van der Waals surface area contributed by atoms with Crippen molar-refractivity contribution in [1.82, 2.24) is 9.80 Å².